The summed E-state index contributed by atoms with van der Waals surface area (Å²) in [7, 11) is 0. The molecular formula is C15H10ClF3O. The molecular weight excluding hydrogens is 289 g/mol. The molecule has 0 aliphatic rings. The second-order valence-corrected chi connectivity index (χ2v) is 4.39. The minimum atomic E-state index is -0.878. The Hall–Kier alpha value is -1.94. The summed E-state index contributed by atoms with van der Waals surface area (Å²) in [6.07, 6.45) is 1.45. The topological polar surface area (TPSA) is 9.23 Å². The van der Waals surface area contributed by atoms with Crippen molar-refractivity contribution in [1.82, 2.24) is 0 Å². The van der Waals surface area contributed by atoms with Crippen molar-refractivity contribution in [2.75, 3.05) is 6.61 Å². The van der Waals surface area contributed by atoms with Crippen molar-refractivity contribution in [2.45, 2.75) is 0 Å². The van der Waals surface area contributed by atoms with Gasteiger partial charge in [0, 0.05) is 22.7 Å². The maximum atomic E-state index is 14.0. The van der Waals surface area contributed by atoms with Crippen LogP contribution >= 0.6 is 11.6 Å². The third kappa shape index (κ3) is 2.96. The highest BCUT2D eigenvalue weighted by atomic mass is 35.5. The summed E-state index contributed by atoms with van der Waals surface area (Å²) in [4.78, 5) is 0. The second kappa shape index (κ2) is 6.01. The molecule has 1 nitrogen and oxygen atoms in total. The first-order valence-electron chi connectivity index (χ1n) is 5.71. The van der Waals surface area contributed by atoms with Crippen molar-refractivity contribution in [2.24, 2.45) is 0 Å². The Bertz CT molecular complexity index is 633. The number of halogens is 4. The zero-order valence-corrected chi connectivity index (χ0v) is 11.1. The number of hydrogen-bond acceptors (Lipinski definition) is 1. The molecule has 5 heteroatoms. The molecule has 0 saturated heterocycles. The van der Waals surface area contributed by atoms with Gasteiger partial charge in [-0.15, -0.1) is 0 Å². The summed E-state index contributed by atoms with van der Waals surface area (Å²) in [5.74, 6) is -2.36. The SMILES string of the molecule is C=CCOc1cc(F)c(-c2cc(F)ccc2Cl)c(F)c1. The summed E-state index contributed by atoms with van der Waals surface area (Å²) in [6, 6.07) is 5.37. The summed E-state index contributed by atoms with van der Waals surface area (Å²) >= 11 is 5.85. The minimum absolute atomic E-state index is 0.0242. The van der Waals surface area contributed by atoms with Gasteiger partial charge in [0.15, 0.2) is 0 Å². The Morgan fingerprint density at radius 2 is 1.75 bits per heavy atom. The van der Waals surface area contributed by atoms with E-state index in [9.17, 15) is 13.2 Å². The highest BCUT2D eigenvalue weighted by molar-refractivity contribution is 6.33. The number of hydrogen-bond donors (Lipinski definition) is 0. The molecule has 0 spiro atoms. The highest BCUT2D eigenvalue weighted by Gasteiger charge is 2.17. The van der Waals surface area contributed by atoms with Crippen LogP contribution in [0.2, 0.25) is 5.02 Å². The van der Waals surface area contributed by atoms with E-state index in [4.69, 9.17) is 16.3 Å². The van der Waals surface area contributed by atoms with E-state index in [-0.39, 0.29) is 28.5 Å². The van der Waals surface area contributed by atoms with E-state index in [0.717, 1.165) is 24.3 Å². The fourth-order valence-electron chi connectivity index (χ4n) is 1.73. The van der Waals surface area contributed by atoms with Crippen molar-refractivity contribution in [3.05, 3.63) is 65.5 Å². The number of rotatable bonds is 4. The van der Waals surface area contributed by atoms with Gasteiger partial charge in [0.2, 0.25) is 0 Å². The van der Waals surface area contributed by atoms with Gasteiger partial charge in [-0.25, -0.2) is 13.2 Å². The summed E-state index contributed by atoms with van der Waals surface area (Å²) in [6.45, 7) is 3.56. The van der Waals surface area contributed by atoms with Gasteiger partial charge in [0.05, 0.1) is 5.56 Å². The summed E-state index contributed by atoms with van der Waals surface area (Å²) in [5.41, 5.74) is -0.433. The standard InChI is InChI=1S/C15H10ClF3O/c1-2-5-20-10-7-13(18)15(14(19)8-10)11-6-9(17)3-4-12(11)16/h2-4,6-8H,1,5H2. The van der Waals surface area contributed by atoms with Crippen LogP contribution in [0.15, 0.2) is 43.0 Å². The lowest BCUT2D eigenvalue weighted by molar-refractivity contribution is 0.358. The third-order valence-corrected chi connectivity index (χ3v) is 2.91. The van der Waals surface area contributed by atoms with E-state index >= 15 is 0 Å². The first-order valence-corrected chi connectivity index (χ1v) is 6.09. The first kappa shape index (κ1) is 14.5. The molecule has 2 rings (SSSR count). The smallest absolute Gasteiger partial charge is 0.137 e. The van der Waals surface area contributed by atoms with E-state index in [2.05, 4.69) is 6.58 Å². The first-order chi connectivity index (χ1) is 9.52. The third-order valence-electron chi connectivity index (χ3n) is 2.58. The van der Waals surface area contributed by atoms with Crippen LogP contribution in [-0.4, -0.2) is 6.61 Å². The second-order valence-electron chi connectivity index (χ2n) is 3.99. The molecule has 2 aromatic rings. The fraction of sp³-hybridized carbons (Fsp3) is 0.0667. The molecule has 0 aromatic heterocycles. The maximum Gasteiger partial charge on any atom is 0.137 e. The predicted octanol–water partition coefficient (Wildman–Crippen LogP) is 4.99. The molecule has 0 fully saturated rings. The van der Waals surface area contributed by atoms with Gasteiger partial charge in [-0.2, -0.15) is 0 Å². The van der Waals surface area contributed by atoms with Crippen molar-refractivity contribution >= 4 is 11.6 Å². The van der Waals surface area contributed by atoms with E-state index < -0.39 is 17.5 Å². The molecule has 0 aliphatic carbocycles. The molecule has 0 unspecified atom stereocenters. The summed E-state index contributed by atoms with van der Waals surface area (Å²) in [5, 5.41) is 0.0592. The lowest BCUT2D eigenvalue weighted by atomic mass is 10.0. The van der Waals surface area contributed by atoms with Gasteiger partial charge in [0.1, 0.15) is 29.8 Å². The van der Waals surface area contributed by atoms with Crippen LogP contribution in [-0.2, 0) is 0 Å². The summed E-state index contributed by atoms with van der Waals surface area (Å²) < 4.78 is 46.3. The predicted molar refractivity (Wildman–Crippen MR) is 72.5 cm³/mol. The molecule has 0 saturated carbocycles. The lowest BCUT2D eigenvalue weighted by Crippen LogP contribution is -1.97. The molecule has 0 heterocycles. The van der Waals surface area contributed by atoms with Gasteiger partial charge in [-0.3, -0.25) is 0 Å². The largest absolute Gasteiger partial charge is 0.489 e. The van der Waals surface area contributed by atoms with Crippen LogP contribution in [0.3, 0.4) is 0 Å². The van der Waals surface area contributed by atoms with Crippen molar-refractivity contribution in [3.63, 3.8) is 0 Å². The van der Waals surface area contributed by atoms with Crippen molar-refractivity contribution in [3.8, 4) is 16.9 Å². The van der Waals surface area contributed by atoms with Gasteiger partial charge in [0.25, 0.3) is 0 Å². The number of benzene rings is 2. The van der Waals surface area contributed by atoms with Crippen molar-refractivity contribution in [1.29, 1.82) is 0 Å². The van der Waals surface area contributed by atoms with Crippen LogP contribution in [0.4, 0.5) is 13.2 Å². The Morgan fingerprint density at radius 3 is 2.35 bits per heavy atom. The maximum absolute atomic E-state index is 14.0. The highest BCUT2D eigenvalue weighted by Crippen LogP contribution is 2.34. The van der Waals surface area contributed by atoms with E-state index in [1.54, 1.807) is 0 Å². The fourth-order valence-corrected chi connectivity index (χ4v) is 1.95. The average molecular weight is 299 g/mol. The van der Waals surface area contributed by atoms with Crippen molar-refractivity contribution < 1.29 is 17.9 Å². The van der Waals surface area contributed by atoms with E-state index in [1.807, 2.05) is 0 Å². The van der Waals surface area contributed by atoms with Crippen LogP contribution in [0.5, 0.6) is 5.75 Å². The monoisotopic (exact) mass is 298 g/mol. The van der Waals surface area contributed by atoms with Gasteiger partial charge in [-0.1, -0.05) is 24.3 Å². The van der Waals surface area contributed by atoms with Gasteiger partial charge >= 0.3 is 0 Å². The zero-order chi connectivity index (χ0) is 14.7. The zero-order valence-electron chi connectivity index (χ0n) is 10.3. The molecule has 2 aromatic carbocycles. The molecule has 0 atom stereocenters. The van der Waals surface area contributed by atoms with Gasteiger partial charge < -0.3 is 4.74 Å². The van der Waals surface area contributed by atoms with Crippen LogP contribution < -0.4 is 4.74 Å². The lowest BCUT2D eigenvalue weighted by Gasteiger charge is -2.10. The molecule has 20 heavy (non-hydrogen) atoms. The van der Waals surface area contributed by atoms with Crippen LogP contribution in [0.25, 0.3) is 11.1 Å². The molecule has 104 valence electrons. The van der Waals surface area contributed by atoms with E-state index in [0.29, 0.717) is 0 Å². The van der Waals surface area contributed by atoms with Crippen LogP contribution in [0, 0.1) is 17.5 Å². The van der Waals surface area contributed by atoms with Crippen LogP contribution in [0.1, 0.15) is 0 Å². The molecule has 0 bridgehead atoms. The minimum Gasteiger partial charge on any atom is -0.489 e. The Kier molecular flexibility index (Phi) is 4.35. The molecule has 0 N–H and O–H groups in total. The normalized spacial score (nSPS) is 10.4. The molecule has 0 radical (unpaired) electrons. The number of ether oxygens (including phenoxy) is 1. The molecule has 0 aliphatic heterocycles. The van der Waals surface area contributed by atoms with E-state index in [1.165, 1.54) is 12.1 Å². The average Bonchev–Trinajstić information content (AvgIpc) is 2.39. The Labute approximate surface area is 119 Å². The Morgan fingerprint density at radius 1 is 1.10 bits per heavy atom. The quantitative estimate of drug-likeness (QED) is 0.723. The van der Waals surface area contributed by atoms with Gasteiger partial charge in [-0.05, 0) is 18.2 Å². The Balaban J connectivity index is 2.52. The molecule has 0 amide bonds.